The summed E-state index contributed by atoms with van der Waals surface area (Å²) in [6, 6.07) is 11.1. The second-order valence-electron chi connectivity index (χ2n) is 6.67. The summed E-state index contributed by atoms with van der Waals surface area (Å²) in [7, 11) is 1.57. The van der Waals surface area contributed by atoms with Crippen molar-refractivity contribution >= 4 is 33.7 Å². The average Bonchev–Trinajstić information content (AvgIpc) is 2.96. The van der Waals surface area contributed by atoms with Crippen molar-refractivity contribution in [3.63, 3.8) is 0 Å². The number of hydrogen-bond acceptors (Lipinski definition) is 4. The monoisotopic (exact) mass is 356 g/mol. The summed E-state index contributed by atoms with van der Waals surface area (Å²) in [5.74, 6) is 0.747. The van der Waals surface area contributed by atoms with Gasteiger partial charge in [0.25, 0.3) is 0 Å². The van der Waals surface area contributed by atoms with Crippen molar-refractivity contribution in [2.75, 3.05) is 19.0 Å². The van der Waals surface area contributed by atoms with Gasteiger partial charge in [0.1, 0.15) is 16.9 Å². The SMILES string of the molecule is COc1cc2c(cc1NC(=O)NCC(C)CC(C)O)oc1ccccc12. The maximum atomic E-state index is 12.2. The van der Waals surface area contributed by atoms with Gasteiger partial charge < -0.3 is 24.9 Å². The molecule has 1 heterocycles. The lowest BCUT2D eigenvalue weighted by Gasteiger charge is -2.15. The predicted molar refractivity (Wildman–Crippen MR) is 103 cm³/mol. The molecule has 0 saturated carbocycles. The van der Waals surface area contributed by atoms with Crippen molar-refractivity contribution < 1.29 is 19.1 Å². The van der Waals surface area contributed by atoms with E-state index >= 15 is 0 Å². The molecule has 2 amide bonds. The van der Waals surface area contributed by atoms with Crippen LogP contribution in [0.25, 0.3) is 21.9 Å². The Kier molecular flexibility index (Phi) is 5.32. The lowest BCUT2D eigenvalue weighted by atomic mass is 10.1. The third kappa shape index (κ3) is 3.91. The zero-order valence-corrected chi connectivity index (χ0v) is 15.2. The summed E-state index contributed by atoms with van der Waals surface area (Å²) in [5.41, 5.74) is 2.02. The first-order valence-electron chi connectivity index (χ1n) is 8.70. The summed E-state index contributed by atoms with van der Waals surface area (Å²) in [6.07, 6.45) is 0.250. The van der Waals surface area contributed by atoms with Crippen LogP contribution in [0, 0.1) is 5.92 Å². The molecule has 0 aliphatic rings. The van der Waals surface area contributed by atoms with Gasteiger partial charge in [-0.15, -0.1) is 0 Å². The lowest BCUT2D eigenvalue weighted by molar-refractivity contribution is 0.163. The van der Waals surface area contributed by atoms with Gasteiger partial charge >= 0.3 is 6.03 Å². The van der Waals surface area contributed by atoms with Crippen LogP contribution in [0.3, 0.4) is 0 Å². The number of rotatable bonds is 6. The molecule has 0 fully saturated rings. The van der Waals surface area contributed by atoms with E-state index in [0.717, 1.165) is 16.4 Å². The number of furan rings is 1. The zero-order valence-electron chi connectivity index (χ0n) is 15.2. The number of hydrogen-bond donors (Lipinski definition) is 3. The maximum absolute atomic E-state index is 12.2. The quantitative estimate of drug-likeness (QED) is 0.620. The Morgan fingerprint density at radius 2 is 1.96 bits per heavy atom. The van der Waals surface area contributed by atoms with Crippen LogP contribution in [0.4, 0.5) is 10.5 Å². The van der Waals surface area contributed by atoms with Gasteiger partial charge in [-0.3, -0.25) is 0 Å². The second-order valence-corrected chi connectivity index (χ2v) is 6.67. The molecule has 0 spiro atoms. The number of nitrogens with one attached hydrogen (secondary N) is 2. The van der Waals surface area contributed by atoms with Gasteiger partial charge in [-0.2, -0.15) is 0 Å². The van der Waals surface area contributed by atoms with E-state index in [1.54, 1.807) is 20.1 Å². The van der Waals surface area contributed by atoms with Gasteiger partial charge in [0.2, 0.25) is 0 Å². The van der Waals surface area contributed by atoms with E-state index in [9.17, 15) is 9.90 Å². The van der Waals surface area contributed by atoms with Crippen molar-refractivity contribution in [1.29, 1.82) is 0 Å². The first-order chi connectivity index (χ1) is 12.5. The molecule has 0 radical (unpaired) electrons. The van der Waals surface area contributed by atoms with Gasteiger partial charge in [-0.25, -0.2) is 4.79 Å². The van der Waals surface area contributed by atoms with Crippen LogP contribution in [0.5, 0.6) is 5.75 Å². The number of fused-ring (bicyclic) bond motifs is 3. The van der Waals surface area contributed by atoms with Crippen LogP contribution in [0.2, 0.25) is 0 Å². The molecule has 6 nitrogen and oxygen atoms in total. The molecule has 3 rings (SSSR count). The van der Waals surface area contributed by atoms with E-state index < -0.39 is 0 Å². The van der Waals surface area contributed by atoms with Gasteiger partial charge in [0.05, 0.1) is 18.9 Å². The molecule has 0 bridgehead atoms. The Hall–Kier alpha value is -2.73. The molecule has 0 aliphatic heterocycles. The molecule has 2 atom stereocenters. The third-order valence-electron chi connectivity index (χ3n) is 4.30. The summed E-state index contributed by atoms with van der Waals surface area (Å²) < 4.78 is 11.3. The van der Waals surface area contributed by atoms with E-state index in [2.05, 4.69) is 10.6 Å². The molecule has 138 valence electrons. The van der Waals surface area contributed by atoms with Gasteiger partial charge in [-0.05, 0) is 31.4 Å². The molecule has 2 unspecified atom stereocenters. The van der Waals surface area contributed by atoms with Crippen LogP contribution in [-0.2, 0) is 0 Å². The van der Waals surface area contributed by atoms with Crippen molar-refractivity contribution in [3.8, 4) is 5.75 Å². The fraction of sp³-hybridized carbons (Fsp3) is 0.350. The number of carbonyl (C=O) groups excluding carboxylic acids is 1. The number of ether oxygens (including phenoxy) is 1. The summed E-state index contributed by atoms with van der Waals surface area (Å²) in [5, 5.41) is 17.0. The first kappa shape index (κ1) is 18.1. The van der Waals surface area contributed by atoms with Crippen molar-refractivity contribution in [1.82, 2.24) is 5.32 Å². The minimum atomic E-state index is -0.384. The van der Waals surface area contributed by atoms with E-state index in [-0.39, 0.29) is 18.1 Å². The molecular formula is C20H24N2O4. The smallest absolute Gasteiger partial charge is 0.319 e. The maximum Gasteiger partial charge on any atom is 0.319 e. The van der Waals surface area contributed by atoms with E-state index in [1.807, 2.05) is 37.3 Å². The van der Waals surface area contributed by atoms with Crippen LogP contribution >= 0.6 is 0 Å². The van der Waals surface area contributed by atoms with Gasteiger partial charge in [0.15, 0.2) is 0 Å². The number of carbonyl (C=O) groups is 1. The van der Waals surface area contributed by atoms with Crippen molar-refractivity contribution in [3.05, 3.63) is 36.4 Å². The molecule has 26 heavy (non-hydrogen) atoms. The van der Waals surface area contributed by atoms with Crippen molar-refractivity contribution in [2.24, 2.45) is 5.92 Å². The van der Waals surface area contributed by atoms with Crippen molar-refractivity contribution in [2.45, 2.75) is 26.4 Å². The number of aliphatic hydroxyl groups is 1. The fourth-order valence-electron chi connectivity index (χ4n) is 3.12. The zero-order chi connectivity index (χ0) is 18.7. The normalized spacial score (nSPS) is 13.5. The highest BCUT2D eigenvalue weighted by molar-refractivity contribution is 6.07. The highest BCUT2D eigenvalue weighted by Crippen LogP contribution is 2.36. The van der Waals surface area contributed by atoms with Crippen LogP contribution < -0.4 is 15.4 Å². The minimum absolute atomic E-state index is 0.181. The van der Waals surface area contributed by atoms with E-state index in [0.29, 0.717) is 30.0 Å². The van der Waals surface area contributed by atoms with Crippen LogP contribution in [-0.4, -0.2) is 30.9 Å². The molecule has 1 aromatic heterocycles. The minimum Gasteiger partial charge on any atom is -0.495 e. The number of aliphatic hydroxyl groups excluding tert-OH is 1. The second kappa shape index (κ2) is 7.66. The van der Waals surface area contributed by atoms with E-state index in [1.165, 1.54) is 0 Å². The Labute approximate surface area is 152 Å². The highest BCUT2D eigenvalue weighted by atomic mass is 16.5. The average molecular weight is 356 g/mol. The number of benzene rings is 2. The number of anilines is 1. The summed E-state index contributed by atoms with van der Waals surface area (Å²) in [6.45, 7) is 4.20. The van der Waals surface area contributed by atoms with Crippen LogP contribution in [0.1, 0.15) is 20.3 Å². The van der Waals surface area contributed by atoms with E-state index in [4.69, 9.17) is 9.15 Å². The number of para-hydroxylation sites is 1. The highest BCUT2D eigenvalue weighted by Gasteiger charge is 2.14. The van der Waals surface area contributed by atoms with Gasteiger partial charge in [0, 0.05) is 23.4 Å². The molecule has 3 N–H and O–H groups in total. The lowest BCUT2D eigenvalue weighted by Crippen LogP contribution is -2.33. The molecule has 0 saturated heterocycles. The summed E-state index contributed by atoms with van der Waals surface area (Å²) in [4.78, 5) is 12.2. The molecule has 3 aromatic rings. The number of urea groups is 1. The molecule has 6 heteroatoms. The number of amides is 2. The topological polar surface area (TPSA) is 83.7 Å². The Morgan fingerprint density at radius 3 is 2.69 bits per heavy atom. The first-order valence-corrected chi connectivity index (χ1v) is 8.70. The Balaban J connectivity index is 1.78. The van der Waals surface area contributed by atoms with Gasteiger partial charge in [-0.1, -0.05) is 25.1 Å². The standard InChI is InChI=1S/C20H24N2O4/c1-12(8-13(2)23)11-21-20(24)22-16-10-18-15(9-19(16)25-3)14-6-4-5-7-17(14)26-18/h4-7,9-10,12-13,23H,8,11H2,1-3H3,(H2,21,22,24). The summed E-state index contributed by atoms with van der Waals surface area (Å²) >= 11 is 0. The third-order valence-corrected chi connectivity index (χ3v) is 4.30. The Bertz CT molecular complexity index is 917. The fourth-order valence-corrected chi connectivity index (χ4v) is 3.12. The Morgan fingerprint density at radius 1 is 1.19 bits per heavy atom. The number of methoxy groups -OCH3 is 1. The molecular weight excluding hydrogens is 332 g/mol. The molecule has 0 aliphatic carbocycles. The predicted octanol–water partition coefficient (Wildman–Crippen LogP) is 4.12. The van der Waals surface area contributed by atoms with Crippen LogP contribution in [0.15, 0.2) is 40.8 Å². The largest absolute Gasteiger partial charge is 0.495 e. The molecule has 2 aromatic carbocycles.